The lowest BCUT2D eigenvalue weighted by atomic mass is 9.66. The van der Waals surface area contributed by atoms with Crippen molar-refractivity contribution in [3.8, 4) is 0 Å². The molecule has 1 saturated carbocycles. The SMILES string of the molecule is CC1(c2ccc(C3(N)N=C(N)C=C(c4ccccc4)N3)cc2)CCC1. The second-order valence-electron chi connectivity index (χ2n) is 7.34. The van der Waals surface area contributed by atoms with E-state index in [0.717, 1.165) is 16.8 Å². The Morgan fingerprint density at radius 1 is 0.960 bits per heavy atom. The van der Waals surface area contributed by atoms with Crippen molar-refractivity contribution in [1.82, 2.24) is 5.32 Å². The Morgan fingerprint density at radius 3 is 2.20 bits per heavy atom. The van der Waals surface area contributed by atoms with Crippen LogP contribution in [0.15, 0.2) is 65.7 Å². The van der Waals surface area contributed by atoms with Crippen molar-refractivity contribution in [2.45, 2.75) is 37.4 Å². The van der Waals surface area contributed by atoms with Crippen LogP contribution in [0.5, 0.6) is 0 Å². The lowest BCUT2D eigenvalue weighted by Crippen LogP contribution is -2.51. The first-order valence-corrected chi connectivity index (χ1v) is 8.79. The van der Waals surface area contributed by atoms with Crippen molar-refractivity contribution in [3.05, 3.63) is 77.4 Å². The summed E-state index contributed by atoms with van der Waals surface area (Å²) in [6.07, 6.45) is 5.64. The monoisotopic (exact) mass is 332 g/mol. The summed E-state index contributed by atoms with van der Waals surface area (Å²) in [7, 11) is 0. The maximum absolute atomic E-state index is 6.58. The van der Waals surface area contributed by atoms with Gasteiger partial charge in [-0.15, -0.1) is 0 Å². The molecule has 0 spiro atoms. The molecule has 128 valence electrons. The van der Waals surface area contributed by atoms with Gasteiger partial charge in [-0.1, -0.05) is 67.9 Å². The molecular weight excluding hydrogens is 308 g/mol. The van der Waals surface area contributed by atoms with Crippen LogP contribution in [0.4, 0.5) is 0 Å². The van der Waals surface area contributed by atoms with Gasteiger partial charge in [0.25, 0.3) is 0 Å². The van der Waals surface area contributed by atoms with Gasteiger partial charge in [-0.3, -0.25) is 5.73 Å². The van der Waals surface area contributed by atoms with E-state index in [-0.39, 0.29) is 0 Å². The van der Waals surface area contributed by atoms with E-state index in [2.05, 4.69) is 41.5 Å². The summed E-state index contributed by atoms with van der Waals surface area (Å²) in [5, 5.41) is 3.35. The molecule has 25 heavy (non-hydrogen) atoms. The molecule has 1 atom stereocenters. The Morgan fingerprint density at radius 2 is 1.60 bits per heavy atom. The average Bonchev–Trinajstić information content (AvgIpc) is 2.60. The number of benzene rings is 2. The quantitative estimate of drug-likeness (QED) is 0.808. The number of hydrogen-bond acceptors (Lipinski definition) is 4. The zero-order valence-corrected chi connectivity index (χ0v) is 14.5. The second kappa shape index (κ2) is 5.74. The molecule has 1 heterocycles. The molecule has 0 aromatic heterocycles. The normalized spacial score (nSPS) is 24.6. The maximum Gasteiger partial charge on any atom is 0.211 e. The lowest BCUT2D eigenvalue weighted by Gasteiger charge is -2.39. The average molecular weight is 332 g/mol. The van der Waals surface area contributed by atoms with E-state index in [0.29, 0.717) is 11.3 Å². The number of nitrogens with zero attached hydrogens (tertiary/aromatic N) is 1. The fourth-order valence-corrected chi connectivity index (χ4v) is 3.69. The van der Waals surface area contributed by atoms with E-state index in [4.69, 9.17) is 11.5 Å². The molecule has 2 aromatic rings. The molecule has 2 aromatic carbocycles. The molecule has 1 aliphatic carbocycles. The lowest BCUT2D eigenvalue weighted by molar-refractivity contribution is 0.272. The van der Waals surface area contributed by atoms with E-state index in [1.807, 2.05) is 36.4 Å². The van der Waals surface area contributed by atoms with Crippen LogP contribution >= 0.6 is 0 Å². The van der Waals surface area contributed by atoms with Crippen molar-refractivity contribution in [2.75, 3.05) is 0 Å². The van der Waals surface area contributed by atoms with Crippen molar-refractivity contribution < 1.29 is 0 Å². The Balaban J connectivity index is 1.64. The third kappa shape index (κ3) is 2.83. The summed E-state index contributed by atoms with van der Waals surface area (Å²) in [5.74, 6) is -0.626. The molecule has 2 aliphatic rings. The first-order chi connectivity index (χ1) is 12.0. The van der Waals surface area contributed by atoms with Gasteiger partial charge in [-0.25, -0.2) is 4.99 Å². The molecule has 1 unspecified atom stereocenters. The minimum Gasteiger partial charge on any atom is -0.384 e. The van der Waals surface area contributed by atoms with Crippen LogP contribution in [-0.4, -0.2) is 5.84 Å². The second-order valence-corrected chi connectivity index (χ2v) is 7.34. The van der Waals surface area contributed by atoms with Crippen molar-refractivity contribution in [2.24, 2.45) is 16.5 Å². The van der Waals surface area contributed by atoms with Gasteiger partial charge in [0.1, 0.15) is 5.84 Å². The van der Waals surface area contributed by atoms with Gasteiger partial charge in [-0.05, 0) is 29.4 Å². The Bertz CT molecular complexity index is 832. The number of nitrogens with one attached hydrogen (secondary N) is 1. The summed E-state index contributed by atoms with van der Waals surface area (Å²) in [6, 6.07) is 18.5. The maximum atomic E-state index is 6.58. The largest absolute Gasteiger partial charge is 0.384 e. The minimum absolute atomic E-state index is 0.317. The number of rotatable bonds is 3. The van der Waals surface area contributed by atoms with Gasteiger partial charge in [0.15, 0.2) is 0 Å². The summed E-state index contributed by atoms with van der Waals surface area (Å²) < 4.78 is 0. The van der Waals surface area contributed by atoms with Crippen LogP contribution in [0, 0.1) is 0 Å². The molecule has 1 fully saturated rings. The smallest absolute Gasteiger partial charge is 0.211 e. The molecule has 0 amide bonds. The molecule has 4 heteroatoms. The van der Waals surface area contributed by atoms with E-state index in [9.17, 15) is 0 Å². The van der Waals surface area contributed by atoms with E-state index in [1.165, 1.54) is 24.8 Å². The van der Waals surface area contributed by atoms with Gasteiger partial charge < -0.3 is 11.1 Å². The van der Waals surface area contributed by atoms with E-state index >= 15 is 0 Å². The predicted molar refractivity (Wildman–Crippen MR) is 103 cm³/mol. The molecule has 1 aliphatic heterocycles. The Hall–Kier alpha value is -2.59. The Labute approximate surface area is 148 Å². The number of hydrogen-bond donors (Lipinski definition) is 3. The predicted octanol–water partition coefficient (Wildman–Crippen LogP) is 3.20. The van der Waals surface area contributed by atoms with Gasteiger partial charge in [-0.2, -0.15) is 0 Å². The summed E-state index contributed by atoms with van der Waals surface area (Å²) in [6.45, 7) is 2.33. The number of nitrogens with two attached hydrogens (primary N) is 2. The highest BCUT2D eigenvalue weighted by Gasteiger charge is 2.35. The topological polar surface area (TPSA) is 76.4 Å². The fourth-order valence-electron chi connectivity index (χ4n) is 3.69. The molecule has 4 nitrogen and oxygen atoms in total. The minimum atomic E-state index is -1.05. The van der Waals surface area contributed by atoms with Crippen molar-refractivity contribution in [3.63, 3.8) is 0 Å². The molecule has 0 bridgehead atoms. The van der Waals surface area contributed by atoms with Crippen LogP contribution in [0.25, 0.3) is 5.70 Å². The molecular formula is C21H24N4. The fraction of sp³-hybridized carbons (Fsp3) is 0.286. The highest BCUT2D eigenvalue weighted by molar-refractivity contribution is 5.99. The van der Waals surface area contributed by atoms with Crippen LogP contribution in [0.1, 0.15) is 42.9 Å². The summed E-state index contributed by atoms with van der Waals surface area (Å²) >= 11 is 0. The molecule has 5 N–H and O–H groups in total. The molecule has 4 rings (SSSR count). The summed E-state index contributed by atoms with van der Waals surface area (Å²) in [4.78, 5) is 4.47. The first kappa shape index (κ1) is 15.9. The first-order valence-electron chi connectivity index (χ1n) is 8.79. The van der Waals surface area contributed by atoms with Gasteiger partial charge in [0, 0.05) is 17.3 Å². The van der Waals surface area contributed by atoms with Crippen LogP contribution in [0.2, 0.25) is 0 Å². The van der Waals surface area contributed by atoms with Crippen LogP contribution < -0.4 is 16.8 Å². The summed E-state index contributed by atoms with van der Waals surface area (Å²) in [5.41, 5.74) is 17.2. The molecule has 0 radical (unpaired) electrons. The van der Waals surface area contributed by atoms with Gasteiger partial charge in [0.05, 0.1) is 0 Å². The zero-order valence-electron chi connectivity index (χ0n) is 14.5. The van der Waals surface area contributed by atoms with E-state index in [1.54, 1.807) is 0 Å². The highest BCUT2D eigenvalue weighted by atomic mass is 15.3. The third-order valence-electron chi connectivity index (χ3n) is 5.49. The number of amidine groups is 1. The van der Waals surface area contributed by atoms with Crippen LogP contribution in [0.3, 0.4) is 0 Å². The zero-order chi connectivity index (χ0) is 17.5. The Kier molecular flexibility index (Phi) is 3.65. The third-order valence-corrected chi connectivity index (χ3v) is 5.49. The van der Waals surface area contributed by atoms with Crippen LogP contribution in [-0.2, 0) is 11.2 Å². The molecule has 0 saturated heterocycles. The number of aliphatic imine (C=N–C) groups is 1. The van der Waals surface area contributed by atoms with Crippen molar-refractivity contribution >= 4 is 11.5 Å². The van der Waals surface area contributed by atoms with E-state index < -0.39 is 5.79 Å². The van der Waals surface area contributed by atoms with Crippen molar-refractivity contribution in [1.29, 1.82) is 0 Å². The van der Waals surface area contributed by atoms with Gasteiger partial charge >= 0.3 is 0 Å². The standard InChI is InChI=1S/C21H24N4/c1-20(12-5-13-20)16-8-10-17(11-9-16)21(23)24-18(14-19(22)25-21)15-6-3-2-4-7-15/h2-4,6-11,14,24H,5,12-13,23H2,1H3,(H2,22,25). The van der Waals surface area contributed by atoms with Gasteiger partial charge in [0.2, 0.25) is 5.79 Å². The highest BCUT2D eigenvalue weighted by Crippen LogP contribution is 2.43.